The van der Waals surface area contributed by atoms with E-state index in [1.807, 2.05) is 6.92 Å². The van der Waals surface area contributed by atoms with Gasteiger partial charge in [0.15, 0.2) is 0 Å². The standard InChI is InChI=1S/C11H15NO3S/c1-9-3-5-11(6-4-9)16(13,14)12(2)7-10-8-15-10/h3-6,10H,7-8H2,1-2H3. The van der Waals surface area contributed by atoms with Crippen LogP contribution in [0.25, 0.3) is 0 Å². The molecule has 0 spiro atoms. The maximum Gasteiger partial charge on any atom is 0.242 e. The number of epoxide rings is 1. The van der Waals surface area contributed by atoms with Gasteiger partial charge in [-0.1, -0.05) is 17.7 Å². The molecule has 5 heteroatoms. The van der Waals surface area contributed by atoms with E-state index in [4.69, 9.17) is 4.74 Å². The van der Waals surface area contributed by atoms with E-state index < -0.39 is 10.0 Å². The third kappa shape index (κ3) is 2.42. The number of hydrogen-bond donors (Lipinski definition) is 0. The number of benzene rings is 1. The molecule has 1 aliphatic rings. The molecule has 88 valence electrons. The summed E-state index contributed by atoms with van der Waals surface area (Å²) in [6.45, 7) is 3.02. The van der Waals surface area contributed by atoms with E-state index in [1.54, 1.807) is 31.3 Å². The first kappa shape index (κ1) is 11.6. The van der Waals surface area contributed by atoms with E-state index in [-0.39, 0.29) is 6.10 Å². The van der Waals surface area contributed by atoms with Gasteiger partial charge in [-0.3, -0.25) is 0 Å². The lowest BCUT2D eigenvalue weighted by atomic mass is 10.2. The highest BCUT2D eigenvalue weighted by Crippen LogP contribution is 2.18. The summed E-state index contributed by atoms with van der Waals surface area (Å²) >= 11 is 0. The highest BCUT2D eigenvalue weighted by Gasteiger charge is 2.29. The topological polar surface area (TPSA) is 49.9 Å². The molecule has 1 aromatic rings. The van der Waals surface area contributed by atoms with Crippen molar-refractivity contribution in [3.63, 3.8) is 0 Å². The van der Waals surface area contributed by atoms with Crippen LogP contribution >= 0.6 is 0 Å². The van der Waals surface area contributed by atoms with Crippen LogP contribution in [0.2, 0.25) is 0 Å². The molecule has 4 nitrogen and oxygen atoms in total. The number of likely N-dealkylation sites (N-methyl/N-ethyl adjacent to an activating group) is 1. The van der Waals surface area contributed by atoms with Crippen LogP contribution in [0, 0.1) is 6.92 Å². The summed E-state index contributed by atoms with van der Waals surface area (Å²) in [6.07, 6.45) is 0.0743. The Kier molecular flexibility index (Phi) is 3.01. The molecule has 0 saturated carbocycles. The molecule has 2 rings (SSSR count). The van der Waals surface area contributed by atoms with Gasteiger partial charge in [0, 0.05) is 13.6 Å². The first-order valence-electron chi connectivity index (χ1n) is 5.15. The summed E-state index contributed by atoms with van der Waals surface area (Å²) in [5.41, 5.74) is 1.05. The summed E-state index contributed by atoms with van der Waals surface area (Å²) < 4.78 is 30.5. The van der Waals surface area contributed by atoms with Crippen molar-refractivity contribution in [3.8, 4) is 0 Å². The molecule has 0 bridgehead atoms. The summed E-state index contributed by atoms with van der Waals surface area (Å²) in [4.78, 5) is 0.334. The van der Waals surface area contributed by atoms with Gasteiger partial charge in [0.2, 0.25) is 10.0 Å². The van der Waals surface area contributed by atoms with E-state index in [0.717, 1.165) is 5.56 Å². The van der Waals surface area contributed by atoms with Gasteiger partial charge in [0.1, 0.15) is 0 Å². The molecular weight excluding hydrogens is 226 g/mol. The Morgan fingerprint density at radius 1 is 1.38 bits per heavy atom. The first-order chi connectivity index (χ1) is 7.50. The average molecular weight is 241 g/mol. The number of hydrogen-bond acceptors (Lipinski definition) is 3. The second kappa shape index (κ2) is 4.16. The predicted molar refractivity (Wildman–Crippen MR) is 60.7 cm³/mol. The van der Waals surface area contributed by atoms with Gasteiger partial charge in [-0.15, -0.1) is 0 Å². The van der Waals surface area contributed by atoms with E-state index in [9.17, 15) is 8.42 Å². The SMILES string of the molecule is Cc1ccc(S(=O)(=O)N(C)CC2CO2)cc1. The molecule has 0 aromatic heterocycles. The smallest absolute Gasteiger partial charge is 0.242 e. The average Bonchev–Trinajstić information content (AvgIpc) is 3.02. The molecule has 16 heavy (non-hydrogen) atoms. The first-order valence-corrected chi connectivity index (χ1v) is 6.59. The van der Waals surface area contributed by atoms with E-state index in [1.165, 1.54) is 4.31 Å². The number of aryl methyl sites for hydroxylation is 1. The van der Waals surface area contributed by atoms with Crippen LogP contribution in [-0.2, 0) is 14.8 Å². The minimum absolute atomic E-state index is 0.0743. The Labute approximate surface area is 95.9 Å². The Morgan fingerprint density at radius 2 is 1.94 bits per heavy atom. The zero-order valence-corrected chi connectivity index (χ0v) is 10.2. The van der Waals surface area contributed by atoms with Crippen LogP contribution in [-0.4, -0.2) is 39.0 Å². The Hall–Kier alpha value is -0.910. The zero-order chi connectivity index (χ0) is 11.8. The van der Waals surface area contributed by atoms with E-state index in [0.29, 0.717) is 18.0 Å². The van der Waals surface area contributed by atoms with Gasteiger partial charge in [-0.25, -0.2) is 8.42 Å². The zero-order valence-electron chi connectivity index (χ0n) is 9.38. The lowest BCUT2D eigenvalue weighted by Crippen LogP contribution is -2.30. The predicted octanol–water partition coefficient (Wildman–Crippen LogP) is 1.01. The number of sulfonamides is 1. The molecule has 1 atom stereocenters. The van der Waals surface area contributed by atoms with Crippen molar-refractivity contribution in [2.75, 3.05) is 20.2 Å². The van der Waals surface area contributed by atoms with Gasteiger partial charge >= 0.3 is 0 Å². The van der Waals surface area contributed by atoms with Crippen LogP contribution in [0.5, 0.6) is 0 Å². The van der Waals surface area contributed by atoms with Gasteiger partial charge in [-0.05, 0) is 19.1 Å². The third-order valence-corrected chi connectivity index (χ3v) is 4.43. The van der Waals surface area contributed by atoms with Crippen LogP contribution < -0.4 is 0 Å². The normalized spacial score (nSPS) is 20.1. The fraction of sp³-hybridized carbons (Fsp3) is 0.455. The molecule has 0 amide bonds. The highest BCUT2D eigenvalue weighted by molar-refractivity contribution is 7.89. The Morgan fingerprint density at radius 3 is 2.44 bits per heavy atom. The van der Waals surface area contributed by atoms with Crippen molar-refractivity contribution in [2.45, 2.75) is 17.9 Å². The number of nitrogens with zero attached hydrogens (tertiary/aromatic N) is 1. The van der Waals surface area contributed by atoms with Crippen molar-refractivity contribution in [1.82, 2.24) is 4.31 Å². The van der Waals surface area contributed by atoms with Crippen LogP contribution in [0.3, 0.4) is 0 Å². The fourth-order valence-electron chi connectivity index (χ4n) is 1.45. The van der Waals surface area contributed by atoms with Gasteiger partial charge < -0.3 is 4.74 Å². The van der Waals surface area contributed by atoms with Gasteiger partial charge in [0.05, 0.1) is 17.6 Å². The lowest BCUT2D eigenvalue weighted by molar-refractivity contribution is 0.359. The molecule has 1 saturated heterocycles. The Bertz CT molecular complexity index is 463. The molecule has 1 aromatic carbocycles. The molecule has 1 aliphatic heterocycles. The van der Waals surface area contributed by atoms with Crippen molar-refractivity contribution in [3.05, 3.63) is 29.8 Å². The molecule has 0 N–H and O–H groups in total. The minimum Gasteiger partial charge on any atom is -0.372 e. The minimum atomic E-state index is -3.36. The van der Waals surface area contributed by atoms with Crippen LogP contribution in [0.4, 0.5) is 0 Å². The number of rotatable bonds is 4. The molecule has 0 radical (unpaired) electrons. The summed E-state index contributed by atoms with van der Waals surface area (Å²) in [6, 6.07) is 6.87. The molecule has 0 aliphatic carbocycles. The summed E-state index contributed by atoms with van der Waals surface area (Å²) in [7, 11) is -1.78. The second-order valence-electron chi connectivity index (χ2n) is 4.05. The summed E-state index contributed by atoms with van der Waals surface area (Å²) in [5, 5.41) is 0. The van der Waals surface area contributed by atoms with Crippen LogP contribution in [0.15, 0.2) is 29.2 Å². The van der Waals surface area contributed by atoms with Crippen molar-refractivity contribution in [2.24, 2.45) is 0 Å². The van der Waals surface area contributed by atoms with Crippen LogP contribution in [0.1, 0.15) is 5.56 Å². The molecular formula is C11H15NO3S. The fourth-order valence-corrected chi connectivity index (χ4v) is 2.65. The molecule has 1 heterocycles. The van der Waals surface area contributed by atoms with Crippen molar-refractivity contribution >= 4 is 10.0 Å². The van der Waals surface area contributed by atoms with Crippen molar-refractivity contribution in [1.29, 1.82) is 0 Å². The second-order valence-corrected chi connectivity index (χ2v) is 6.10. The Balaban J connectivity index is 2.19. The third-order valence-electron chi connectivity index (χ3n) is 2.59. The largest absolute Gasteiger partial charge is 0.372 e. The van der Waals surface area contributed by atoms with Crippen molar-refractivity contribution < 1.29 is 13.2 Å². The van der Waals surface area contributed by atoms with E-state index in [2.05, 4.69) is 0 Å². The maximum absolute atomic E-state index is 12.1. The lowest BCUT2D eigenvalue weighted by Gasteiger charge is -2.15. The summed E-state index contributed by atoms with van der Waals surface area (Å²) in [5.74, 6) is 0. The monoisotopic (exact) mass is 241 g/mol. The molecule has 1 unspecified atom stereocenters. The van der Waals surface area contributed by atoms with Gasteiger partial charge in [-0.2, -0.15) is 4.31 Å². The highest BCUT2D eigenvalue weighted by atomic mass is 32.2. The quantitative estimate of drug-likeness (QED) is 0.739. The van der Waals surface area contributed by atoms with Gasteiger partial charge in [0.25, 0.3) is 0 Å². The van der Waals surface area contributed by atoms with E-state index >= 15 is 0 Å². The number of ether oxygens (including phenoxy) is 1. The molecule has 1 fully saturated rings. The maximum atomic E-state index is 12.1.